The predicted molar refractivity (Wildman–Crippen MR) is 65.6 cm³/mol. The van der Waals surface area contributed by atoms with Gasteiger partial charge in [0.05, 0.1) is 19.3 Å². The van der Waals surface area contributed by atoms with Gasteiger partial charge in [0.1, 0.15) is 13.2 Å². The van der Waals surface area contributed by atoms with E-state index in [2.05, 4.69) is 0 Å². The van der Waals surface area contributed by atoms with E-state index in [4.69, 9.17) is 14.6 Å². The summed E-state index contributed by atoms with van der Waals surface area (Å²) in [7, 11) is 0. The molecule has 6 heteroatoms. The Labute approximate surface area is 110 Å². The van der Waals surface area contributed by atoms with Gasteiger partial charge in [-0.05, 0) is 5.56 Å². The van der Waals surface area contributed by atoms with Crippen LogP contribution in [0.5, 0.6) is 0 Å². The highest BCUT2D eigenvalue weighted by atomic mass is 16.6. The molecule has 0 aliphatic carbocycles. The lowest BCUT2D eigenvalue weighted by atomic mass is 10.2. The number of nitrogens with zero attached hydrogens (tertiary/aromatic N) is 1. The number of amides is 1. The van der Waals surface area contributed by atoms with Crippen molar-refractivity contribution in [1.82, 2.24) is 4.90 Å². The number of carbonyl (C=O) groups excluding carboxylic acids is 1. The molecule has 6 nitrogen and oxygen atoms in total. The van der Waals surface area contributed by atoms with E-state index in [0.29, 0.717) is 6.61 Å². The van der Waals surface area contributed by atoms with Gasteiger partial charge in [0, 0.05) is 0 Å². The number of hydrogen-bond donors (Lipinski definition) is 1. The van der Waals surface area contributed by atoms with Crippen LogP contribution in [-0.2, 0) is 20.9 Å². The molecule has 0 unspecified atom stereocenters. The van der Waals surface area contributed by atoms with E-state index < -0.39 is 12.1 Å². The van der Waals surface area contributed by atoms with Crippen LogP contribution in [0.2, 0.25) is 0 Å². The van der Waals surface area contributed by atoms with Gasteiger partial charge in [0.15, 0.2) is 0 Å². The van der Waals surface area contributed by atoms with E-state index in [1.54, 1.807) is 0 Å². The summed E-state index contributed by atoms with van der Waals surface area (Å²) in [4.78, 5) is 23.2. The molecule has 1 fully saturated rings. The van der Waals surface area contributed by atoms with Gasteiger partial charge >= 0.3 is 12.1 Å². The van der Waals surface area contributed by atoms with Crippen molar-refractivity contribution in [2.75, 3.05) is 19.8 Å². The van der Waals surface area contributed by atoms with E-state index in [9.17, 15) is 9.59 Å². The fourth-order valence-electron chi connectivity index (χ4n) is 1.85. The molecule has 1 saturated heterocycles. The lowest BCUT2D eigenvalue weighted by Crippen LogP contribution is -2.40. The Balaban J connectivity index is 1.81. The van der Waals surface area contributed by atoms with Crippen LogP contribution in [0.4, 0.5) is 4.79 Å². The Bertz CT molecular complexity index is 448. The molecule has 102 valence electrons. The minimum atomic E-state index is -1.06. The Morgan fingerprint density at radius 1 is 1.42 bits per heavy atom. The van der Waals surface area contributed by atoms with Crippen LogP contribution in [0.3, 0.4) is 0 Å². The largest absolute Gasteiger partial charge is 0.480 e. The van der Waals surface area contributed by atoms with Gasteiger partial charge in [0.25, 0.3) is 0 Å². The van der Waals surface area contributed by atoms with Gasteiger partial charge in [0.2, 0.25) is 0 Å². The van der Waals surface area contributed by atoms with Gasteiger partial charge in [-0.2, -0.15) is 0 Å². The molecular formula is C13H15NO5. The topological polar surface area (TPSA) is 76.1 Å². The van der Waals surface area contributed by atoms with E-state index in [0.717, 1.165) is 5.56 Å². The molecule has 1 N–H and O–H groups in total. The molecule has 0 spiro atoms. The SMILES string of the molecule is O=C(O)CN1C(=O)OC[C@H]1COCc1ccccc1. The van der Waals surface area contributed by atoms with Crippen LogP contribution >= 0.6 is 0 Å². The van der Waals surface area contributed by atoms with Crippen LogP contribution in [-0.4, -0.2) is 47.9 Å². The highest BCUT2D eigenvalue weighted by Crippen LogP contribution is 2.13. The Morgan fingerprint density at radius 3 is 2.84 bits per heavy atom. The molecule has 1 aliphatic heterocycles. The minimum Gasteiger partial charge on any atom is -0.480 e. The number of ether oxygens (including phenoxy) is 2. The number of hydrogen-bond acceptors (Lipinski definition) is 4. The molecule has 0 radical (unpaired) electrons. The predicted octanol–water partition coefficient (Wildman–Crippen LogP) is 1.11. The first-order chi connectivity index (χ1) is 9.16. The summed E-state index contributed by atoms with van der Waals surface area (Å²) in [6.45, 7) is 0.486. The highest BCUT2D eigenvalue weighted by molar-refractivity contribution is 5.78. The third-order valence-corrected chi connectivity index (χ3v) is 2.80. The number of carboxylic acid groups (broad SMARTS) is 1. The van der Waals surface area contributed by atoms with Crippen molar-refractivity contribution in [3.8, 4) is 0 Å². The number of aliphatic carboxylic acids is 1. The van der Waals surface area contributed by atoms with Crippen LogP contribution in [0.1, 0.15) is 5.56 Å². The maximum atomic E-state index is 11.3. The molecule has 0 saturated carbocycles. The standard InChI is InChI=1S/C13H15NO5/c15-12(16)6-14-11(9-19-13(14)17)8-18-7-10-4-2-1-3-5-10/h1-5,11H,6-9H2,(H,15,16)/t11-/m1/s1. The molecule has 0 bridgehead atoms. The van der Waals surface area contributed by atoms with Crippen LogP contribution in [0.15, 0.2) is 30.3 Å². The van der Waals surface area contributed by atoms with Crippen molar-refractivity contribution >= 4 is 12.1 Å². The number of rotatable bonds is 6. The van der Waals surface area contributed by atoms with Crippen LogP contribution in [0, 0.1) is 0 Å². The van der Waals surface area contributed by atoms with E-state index in [1.165, 1.54) is 4.90 Å². The normalized spacial score (nSPS) is 18.4. The molecular weight excluding hydrogens is 250 g/mol. The first-order valence-corrected chi connectivity index (χ1v) is 5.93. The number of carbonyl (C=O) groups is 2. The zero-order valence-electron chi connectivity index (χ0n) is 10.3. The summed E-state index contributed by atoms with van der Waals surface area (Å²) < 4.78 is 10.3. The van der Waals surface area contributed by atoms with Gasteiger partial charge in [-0.25, -0.2) is 4.79 Å². The summed E-state index contributed by atoms with van der Waals surface area (Å²) in [5.41, 5.74) is 1.03. The van der Waals surface area contributed by atoms with E-state index in [1.807, 2.05) is 30.3 Å². The Hall–Kier alpha value is -2.08. The quantitative estimate of drug-likeness (QED) is 0.833. The molecule has 19 heavy (non-hydrogen) atoms. The molecule has 1 aromatic carbocycles. The van der Waals surface area contributed by atoms with Crippen molar-refractivity contribution in [2.24, 2.45) is 0 Å². The fourth-order valence-corrected chi connectivity index (χ4v) is 1.85. The third-order valence-electron chi connectivity index (χ3n) is 2.80. The molecule has 1 aromatic rings. The zero-order valence-corrected chi connectivity index (χ0v) is 10.3. The van der Waals surface area contributed by atoms with Gasteiger partial charge in [-0.1, -0.05) is 30.3 Å². The van der Waals surface area contributed by atoms with Gasteiger partial charge in [-0.15, -0.1) is 0 Å². The van der Waals surface area contributed by atoms with Gasteiger partial charge < -0.3 is 14.6 Å². The summed E-state index contributed by atoms with van der Waals surface area (Å²) in [5, 5.41) is 8.72. The monoisotopic (exact) mass is 265 g/mol. The second-order valence-electron chi connectivity index (χ2n) is 4.25. The minimum absolute atomic E-state index is 0.168. The van der Waals surface area contributed by atoms with E-state index >= 15 is 0 Å². The van der Waals surface area contributed by atoms with E-state index in [-0.39, 0.29) is 25.8 Å². The summed E-state index contributed by atoms with van der Waals surface area (Å²) in [6.07, 6.45) is -0.601. The molecule has 1 amide bonds. The maximum Gasteiger partial charge on any atom is 0.410 e. The molecule has 2 rings (SSSR count). The van der Waals surface area contributed by atoms with Crippen molar-refractivity contribution in [2.45, 2.75) is 12.6 Å². The number of carboxylic acids is 1. The Morgan fingerprint density at radius 2 is 2.16 bits per heavy atom. The third kappa shape index (κ3) is 3.69. The van der Waals surface area contributed by atoms with Crippen molar-refractivity contribution in [1.29, 1.82) is 0 Å². The average Bonchev–Trinajstić information content (AvgIpc) is 2.72. The molecule has 0 aromatic heterocycles. The van der Waals surface area contributed by atoms with Crippen LogP contribution in [0.25, 0.3) is 0 Å². The molecule has 1 heterocycles. The Kier molecular flexibility index (Phi) is 4.35. The lowest BCUT2D eigenvalue weighted by Gasteiger charge is -2.19. The lowest BCUT2D eigenvalue weighted by molar-refractivity contribution is -0.138. The second-order valence-corrected chi connectivity index (χ2v) is 4.25. The highest BCUT2D eigenvalue weighted by Gasteiger charge is 2.34. The summed E-state index contributed by atoms with van der Waals surface area (Å²) in [5.74, 6) is -1.06. The fraction of sp³-hybridized carbons (Fsp3) is 0.385. The molecule has 1 aliphatic rings. The maximum absolute atomic E-state index is 11.3. The zero-order chi connectivity index (χ0) is 13.7. The van der Waals surface area contributed by atoms with Crippen molar-refractivity contribution in [3.05, 3.63) is 35.9 Å². The van der Waals surface area contributed by atoms with Crippen molar-refractivity contribution < 1.29 is 24.2 Å². The smallest absolute Gasteiger partial charge is 0.410 e. The van der Waals surface area contributed by atoms with Gasteiger partial charge in [-0.3, -0.25) is 9.69 Å². The molecule has 1 atom stereocenters. The number of cyclic esters (lactones) is 1. The van der Waals surface area contributed by atoms with Crippen molar-refractivity contribution in [3.63, 3.8) is 0 Å². The second kappa shape index (κ2) is 6.19. The van der Waals surface area contributed by atoms with Crippen LogP contribution < -0.4 is 0 Å². The number of benzene rings is 1. The first-order valence-electron chi connectivity index (χ1n) is 5.93. The first kappa shape index (κ1) is 13.4. The summed E-state index contributed by atoms with van der Waals surface area (Å²) in [6, 6.07) is 9.28. The summed E-state index contributed by atoms with van der Waals surface area (Å²) >= 11 is 0. The average molecular weight is 265 g/mol.